The van der Waals surface area contributed by atoms with Gasteiger partial charge >= 0.3 is 0 Å². The molecule has 2 aliphatic rings. The van der Waals surface area contributed by atoms with Gasteiger partial charge in [-0.15, -0.1) is 0 Å². The molecule has 2 aromatic rings. The predicted octanol–water partition coefficient (Wildman–Crippen LogP) is 4.02. The molecule has 26 heavy (non-hydrogen) atoms. The van der Waals surface area contributed by atoms with E-state index >= 15 is 0 Å². The number of rotatable bonds is 6. The van der Waals surface area contributed by atoms with Gasteiger partial charge in [0, 0.05) is 42.9 Å². The summed E-state index contributed by atoms with van der Waals surface area (Å²) in [5.41, 5.74) is 2.71. The van der Waals surface area contributed by atoms with E-state index in [0.717, 1.165) is 39.0 Å². The molecule has 4 nitrogen and oxygen atoms in total. The Kier molecular flexibility index (Phi) is 5.32. The number of pyridine rings is 2. The van der Waals surface area contributed by atoms with Gasteiger partial charge in [-0.1, -0.05) is 25.0 Å². The summed E-state index contributed by atoms with van der Waals surface area (Å²) in [5, 5.41) is 3.61. The molecule has 1 saturated heterocycles. The standard InChI is InChI=1S/C22H29N3O/c1-4-13-25-20(7-1)21(10-14-24-17-19-6-5-12-23-16-19)11-15-26-22(18-21)8-2-3-9-22/h1,4-7,12-13,16,24H,2-3,8-11,14-15,17-18H2/t21-/m1/s1. The third kappa shape index (κ3) is 3.81. The van der Waals surface area contributed by atoms with E-state index in [1.807, 2.05) is 30.7 Å². The van der Waals surface area contributed by atoms with Crippen molar-refractivity contribution in [3.8, 4) is 0 Å². The first-order valence-electron chi connectivity index (χ1n) is 9.96. The molecular weight excluding hydrogens is 322 g/mol. The van der Waals surface area contributed by atoms with Gasteiger partial charge in [0.15, 0.2) is 0 Å². The maximum Gasteiger partial charge on any atom is 0.0691 e. The minimum Gasteiger partial charge on any atom is -0.375 e. The van der Waals surface area contributed by atoms with Crippen molar-refractivity contribution >= 4 is 0 Å². The molecule has 1 aliphatic carbocycles. The second-order valence-corrected chi connectivity index (χ2v) is 7.95. The lowest BCUT2D eigenvalue weighted by Gasteiger charge is -2.46. The van der Waals surface area contributed by atoms with Gasteiger partial charge in [0.2, 0.25) is 0 Å². The molecule has 0 unspecified atom stereocenters. The van der Waals surface area contributed by atoms with Gasteiger partial charge in [0.25, 0.3) is 0 Å². The molecule has 0 amide bonds. The second-order valence-electron chi connectivity index (χ2n) is 7.95. The summed E-state index contributed by atoms with van der Waals surface area (Å²) in [7, 11) is 0. The number of aromatic nitrogens is 2. The van der Waals surface area contributed by atoms with Crippen LogP contribution in [0.3, 0.4) is 0 Å². The lowest BCUT2D eigenvalue weighted by Crippen LogP contribution is -2.47. The highest BCUT2D eigenvalue weighted by Crippen LogP contribution is 2.49. The van der Waals surface area contributed by atoms with Crippen molar-refractivity contribution in [1.82, 2.24) is 15.3 Å². The fourth-order valence-electron chi connectivity index (χ4n) is 4.86. The topological polar surface area (TPSA) is 47.0 Å². The summed E-state index contributed by atoms with van der Waals surface area (Å²) in [6, 6.07) is 10.5. The van der Waals surface area contributed by atoms with Crippen LogP contribution in [0, 0.1) is 0 Å². The van der Waals surface area contributed by atoms with Crippen molar-refractivity contribution in [2.24, 2.45) is 0 Å². The molecule has 3 heterocycles. The molecule has 4 rings (SSSR count). The predicted molar refractivity (Wildman–Crippen MR) is 103 cm³/mol. The fraction of sp³-hybridized carbons (Fsp3) is 0.545. The van der Waals surface area contributed by atoms with Crippen LogP contribution in [0.1, 0.15) is 56.2 Å². The number of hydrogen-bond donors (Lipinski definition) is 1. The third-order valence-electron chi connectivity index (χ3n) is 6.20. The first-order chi connectivity index (χ1) is 12.8. The maximum atomic E-state index is 6.32. The van der Waals surface area contributed by atoms with E-state index in [2.05, 4.69) is 28.5 Å². The first-order valence-corrected chi connectivity index (χ1v) is 9.96. The molecule has 2 aromatic heterocycles. The lowest BCUT2D eigenvalue weighted by molar-refractivity contribution is -0.104. The van der Waals surface area contributed by atoms with Gasteiger partial charge in [-0.3, -0.25) is 9.97 Å². The van der Waals surface area contributed by atoms with E-state index in [0.29, 0.717) is 0 Å². The summed E-state index contributed by atoms with van der Waals surface area (Å²) in [6.45, 7) is 2.72. The Hall–Kier alpha value is -1.78. The van der Waals surface area contributed by atoms with Crippen LogP contribution in [0.2, 0.25) is 0 Å². The number of ether oxygens (including phenoxy) is 1. The second kappa shape index (κ2) is 7.85. The highest BCUT2D eigenvalue weighted by Gasteiger charge is 2.48. The summed E-state index contributed by atoms with van der Waals surface area (Å²) in [4.78, 5) is 8.97. The van der Waals surface area contributed by atoms with E-state index in [1.54, 1.807) is 0 Å². The van der Waals surface area contributed by atoms with Crippen molar-refractivity contribution in [2.45, 2.75) is 62.5 Å². The van der Waals surface area contributed by atoms with E-state index in [-0.39, 0.29) is 11.0 Å². The molecule has 2 fully saturated rings. The van der Waals surface area contributed by atoms with Crippen LogP contribution in [0.4, 0.5) is 0 Å². The zero-order valence-electron chi connectivity index (χ0n) is 15.5. The molecule has 1 aliphatic heterocycles. The van der Waals surface area contributed by atoms with Crippen molar-refractivity contribution in [3.63, 3.8) is 0 Å². The zero-order chi connectivity index (χ0) is 17.7. The Morgan fingerprint density at radius 2 is 1.96 bits per heavy atom. The van der Waals surface area contributed by atoms with Crippen molar-refractivity contribution < 1.29 is 4.74 Å². The maximum absolute atomic E-state index is 6.32. The van der Waals surface area contributed by atoms with E-state index in [9.17, 15) is 0 Å². The molecule has 0 radical (unpaired) electrons. The smallest absolute Gasteiger partial charge is 0.0691 e. The molecule has 138 valence electrons. The van der Waals surface area contributed by atoms with Crippen LogP contribution in [0.15, 0.2) is 48.9 Å². The number of hydrogen-bond acceptors (Lipinski definition) is 4. The fourth-order valence-corrected chi connectivity index (χ4v) is 4.86. The minimum atomic E-state index is 0.0964. The average molecular weight is 351 g/mol. The van der Waals surface area contributed by atoms with Crippen molar-refractivity contribution in [1.29, 1.82) is 0 Å². The van der Waals surface area contributed by atoms with Crippen LogP contribution in [0.5, 0.6) is 0 Å². The van der Waals surface area contributed by atoms with Gasteiger partial charge in [-0.05, 0) is 62.4 Å². The van der Waals surface area contributed by atoms with E-state index < -0.39 is 0 Å². The quantitative estimate of drug-likeness (QED) is 0.799. The summed E-state index contributed by atoms with van der Waals surface area (Å²) in [5.74, 6) is 0. The summed E-state index contributed by atoms with van der Waals surface area (Å²) < 4.78 is 6.32. The lowest BCUT2D eigenvalue weighted by atomic mass is 9.68. The Morgan fingerprint density at radius 3 is 2.73 bits per heavy atom. The van der Waals surface area contributed by atoms with Crippen LogP contribution in [-0.2, 0) is 16.7 Å². The number of nitrogens with one attached hydrogen (secondary N) is 1. The number of nitrogens with zero attached hydrogens (tertiary/aromatic N) is 2. The molecule has 1 atom stereocenters. The summed E-state index contributed by atoms with van der Waals surface area (Å²) in [6.07, 6.45) is 14.0. The molecule has 4 heteroatoms. The largest absolute Gasteiger partial charge is 0.375 e. The van der Waals surface area contributed by atoms with Crippen LogP contribution < -0.4 is 5.32 Å². The van der Waals surface area contributed by atoms with E-state index in [1.165, 1.54) is 36.9 Å². The molecular formula is C22H29N3O. The third-order valence-corrected chi connectivity index (χ3v) is 6.20. The Labute approximate surface area is 156 Å². The zero-order valence-corrected chi connectivity index (χ0v) is 15.5. The van der Waals surface area contributed by atoms with Crippen LogP contribution in [-0.4, -0.2) is 28.7 Å². The highest BCUT2D eigenvalue weighted by atomic mass is 16.5. The monoisotopic (exact) mass is 351 g/mol. The Bertz CT molecular complexity index is 685. The minimum absolute atomic E-state index is 0.0964. The van der Waals surface area contributed by atoms with Crippen molar-refractivity contribution in [3.05, 3.63) is 60.2 Å². The molecule has 0 aromatic carbocycles. The van der Waals surface area contributed by atoms with Crippen LogP contribution in [0.25, 0.3) is 0 Å². The normalized spacial score (nSPS) is 24.8. The van der Waals surface area contributed by atoms with Gasteiger partial charge in [0.1, 0.15) is 0 Å². The van der Waals surface area contributed by atoms with Crippen molar-refractivity contribution in [2.75, 3.05) is 13.2 Å². The Balaban J connectivity index is 1.46. The van der Waals surface area contributed by atoms with Crippen LogP contribution >= 0.6 is 0 Å². The Morgan fingerprint density at radius 1 is 1.04 bits per heavy atom. The highest BCUT2D eigenvalue weighted by molar-refractivity contribution is 5.20. The molecule has 0 bridgehead atoms. The average Bonchev–Trinajstić information content (AvgIpc) is 3.14. The summed E-state index contributed by atoms with van der Waals surface area (Å²) >= 11 is 0. The van der Waals surface area contributed by atoms with Gasteiger partial charge in [-0.2, -0.15) is 0 Å². The van der Waals surface area contributed by atoms with Gasteiger partial charge in [-0.25, -0.2) is 0 Å². The first kappa shape index (κ1) is 17.6. The molecule has 1 saturated carbocycles. The molecule has 1 spiro atoms. The van der Waals surface area contributed by atoms with Gasteiger partial charge in [0.05, 0.1) is 5.60 Å². The van der Waals surface area contributed by atoms with Gasteiger partial charge < -0.3 is 10.1 Å². The molecule has 1 N–H and O–H groups in total. The SMILES string of the molecule is c1ccc([C@]2(CCNCc3cccnc3)CCOC3(CCCC3)C2)nc1. The van der Waals surface area contributed by atoms with E-state index in [4.69, 9.17) is 9.72 Å².